The van der Waals surface area contributed by atoms with Crippen molar-refractivity contribution in [3.8, 4) is 5.75 Å². The van der Waals surface area contributed by atoms with E-state index in [1.165, 1.54) is 5.56 Å². The number of anilines is 1. The van der Waals surface area contributed by atoms with Gasteiger partial charge in [-0.1, -0.05) is 26.8 Å². The first-order valence-electron chi connectivity index (χ1n) is 6.50. The Labute approximate surface area is 121 Å². The summed E-state index contributed by atoms with van der Waals surface area (Å²) in [6.45, 7) is 10.7. The largest absolute Gasteiger partial charge is 0.495 e. The van der Waals surface area contributed by atoms with Crippen LogP contribution in [0.15, 0.2) is 18.2 Å². The van der Waals surface area contributed by atoms with Crippen LogP contribution in [-0.2, 0) is 5.41 Å². The number of ether oxygens (including phenoxy) is 1. The van der Waals surface area contributed by atoms with Crippen molar-refractivity contribution in [2.75, 3.05) is 12.4 Å². The van der Waals surface area contributed by atoms with Crippen LogP contribution >= 0.6 is 12.2 Å². The smallest absolute Gasteiger partial charge is 0.171 e. The Morgan fingerprint density at radius 2 is 1.89 bits per heavy atom. The van der Waals surface area contributed by atoms with Crippen LogP contribution < -0.4 is 15.4 Å². The molecule has 2 N–H and O–H groups in total. The fourth-order valence-corrected chi connectivity index (χ4v) is 2.04. The van der Waals surface area contributed by atoms with Crippen LogP contribution in [0.2, 0.25) is 0 Å². The van der Waals surface area contributed by atoms with Crippen molar-refractivity contribution < 1.29 is 4.74 Å². The van der Waals surface area contributed by atoms with Crippen molar-refractivity contribution in [1.29, 1.82) is 0 Å². The highest BCUT2D eigenvalue weighted by atomic mass is 32.1. The maximum Gasteiger partial charge on any atom is 0.171 e. The Bertz CT molecular complexity index is 450. The molecule has 1 rings (SSSR count). The summed E-state index contributed by atoms with van der Waals surface area (Å²) in [6, 6.07) is 6.45. The van der Waals surface area contributed by atoms with E-state index in [1.807, 2.05) is 6.07 Å². The lowest BCUT2D eigenvalue weighted by atomic mass is 9.87. The molecular weight excluding hydrogens is 256 g/mol. The minimum atomic E-state index is 0.0931. The summed E-state index contributed by atoms with van der Waals surface area (Å²) < 4.78 is 5.37. The van der Waals surface area contributed by atoms with Gasteiger partial charge >= 0.3 is 0 Å². The molecule has 1 aromatic carbocycles. The lowest BCUT2D eigenvalue weighted by Crippen LogP contribution is -2.34. The minimum Gasteiger partial charge on any atom is -0.495 e. The number of hydrogen-bond donors (Lipinski definition) is 2. The van der Waals surface area contributed by atoms with Gasteiger partial charge in [-0.2, -0.15) is 0 Å². The normalized spacial score (nSPS) is 11.3. The van der Waals surface area contributed by atoms with Crippen LogP contribution in [0.5, 0.6) is 5.75 Å². The zero-order valence-corrected chi connectivity index (χ0v) is 13.4. The fourth-order valence-electron chi connectivity index (χ4n) is 1.69. The molecule has 0 amide bonds. The van der Waals surface area contributed by atoms with Crippen LogP contribution in [0, 0.1) is 0 Å². The highest BCUT2D eigenvalue weighted by molar-refractivity contribution is 7.80. The fraction of sp³-hybridized carbons (Fsp3) is 0.533. The first-order chi connectivity index (χ1) is 8.74. The number of methoxy groups -OCH3 is 1. The van der Waals surface area contributed by atoms with Crippen LogP contribution in [-0.4, -0.2) is 18.3 Å². The number of nitrogens with one attached hydrogen (secondary N) is 2. The standard InChI is InChI=1S/C15H24N2OS/c1-10(2)16-14(19)17-12-9-11(15(3,4)5)7-8-13(12)18-6/h7-10H,1-6H3,(H2,16,17,19). The molecule has 4 heteroatoms. The van der Waals surface area contributed by atoms with Gasteiger partial charge in [0.2, 0.25) is 0 Å². The van der Waals surface area contributed by atoms with Crippen LogP contribution in [0.4, 0.5) is 5.69 Å². The summed E-state index contributed by atoms with van der Waals surface area (Å²) in [4.78, 5) is 0. The monoisotopic (exact) mass is 280 g/mol. The molecule has 0 aliphatic rings. The Morgan fingerprint density at radius 3 is 2.37 bits per heavy atom. The van der Waals surface area contributed by atoms with E-state index in [4.69, 9.17) is 17.0 Å². The Kier molecular flexibility index (Phi) is 5.18. The molecule has 0 aliphatic heterocycles. The van der Waals surface area contributed by atoms with E-state index in [2.05, 4.69) is 57.4 Å². The quantitative estimate of drug-likeness (QED) is 0.827. The summed E-state index contributed by atoms with van der Waals surface area (Å²) in [7, 11) is 1.66. The number of benzene rings is 1. The van der Waals surface area contributed by atoms with Gasteiger partial charge in [-0.15, -0.1) is 0 Å². The van der Waals surface area contributed by atoms with E-state index >= 15 is 0 Å². The first-order valence-corrected chi connectivity index (χ1v) is 6.91. The maximum absolute atomic E-state index is 5.37. The van der Waals surface area contributed by atoms with Gasteiger partial charge in [0.1, 0.15) is 5.75 Å². The van der Waals surface area contributed by atoms with Gasteiger partial charge in [-0.25, -0.2) is 0 Å². The predicted molar refractivity (Wildman–Crippen MR) is 86.2 cm³/mol. The van der Waals surface area contributed by atoms with Crippen molar-refractivity contribution in [2.45, 2.75) is 46.1 Å². The topological polar surface area (TPSA) is 33.3 Å². The zero-order chi connectivity index (χ0) is 14.6. The second kappa shape index (κ2) is 6.24. The summed E-state index contributed by atoms with van der Waals surface area (Å²) >= 11 is 5.28. The molecule has 0 fully saturated rings. The molecule has 0 spiro atoms. The third-order valence-electron chi connectivity index (χ3n) is 2.73. The first kappa shape index (κ1) is 15.8. The van der Waals surface area contributed by atoms with Crippen LogP contribution in [0.1, 0.15) is 40.2 Å². The second-order valence-electron chi connectivity index (χ2n) is 5.92. The average Bonchev–Trinajstić information content (AvgIpc) is 2.26. The Hall–Kier alpha value is -1.29. The van der Waals surface area contributed by atoms with Crippen LogP contribution in [0.3, 0.4) is 0 Å². The van der Waals surface area contributed by atoms with E-state index in [0.717, 1.165) is 11.4 Å². The summed E-state index contributed by atoms with van der Waals surface area (Å²) in [6.07, 6.45) is 0. The molecule has 0 saturated carbocycles. The van der Waals surface area contributed by atoms with Gasteiger partial charge in [-0.3, -0.25) is 0 Å². The summed E-state index contributed by atoms with van der Waals surface area (Å²) in [5.74, 6) is 0.793. The number of rotatable bonds is 3. The van der Waals surface area contributed by atoms with E-state index in [-0.39, 0.29) is 5.41 Å². The van der Waals surface area contributed by atoms with Crippen molar-refractivity contribution >= 4 is 23.0 Å². The SMILES string of the molecule is COc1ccc(C(C)(C)C)cc1NC(=S)NC(C)C. The van der Waals surface area contributed by atoms with Crippen molar-refractivity contribution in [3.63, 3.8) is 0 Å². The van der Waals surface area contributed by atoms with E-state index in [9.17, 15) is 0 Å². The third-order valence-corrected chi connectivity index (χ3v) is 2.95. The van der Waals surface area contributed by atoms with Gasteiger partial charge in [0.25, 0.3) is 0 Å². The molecule has 0 radical (unpaired) electrons. The second-order valence-corrected chi connectivity index (χ2v) is 6.33. The number of hydrogen-bond acceptors (Lipinski definition) is 2. The highest BCUT2D eigenvalue weighted by Crippen LogP contribution is 2.31. The lowest BCUT2D eigenvalue weighted by Gasteiger charge is -2.22. The molecule has 1 aromatic rings. The van der Waals surface area contributed by atoms with Crippen LogP contribution in [0.25, 0.3) is 0 Å². The van der Waals surface area contributed by atoms with E-state index in [1.54, 1.807) is 7.11 Å². The molecule has 0 unspecified atom stereocenters. The Morgan fingerprint density at radius 1 is 1.26 bits per heavy atom. The Balaban J connectivity index is 3.00. The zero-order valence-electron chi connectivity index (χ0n) is 12.6. The molecule has 0 bridgehead atoms. The highest BCUT2D eigenvalue weighted by Gasteiger charge is 2.16. The lowest BCUT2D eigenvalue weighted by molar-refractivity contribution is 0.416. The molecule has 0 saturated heterocycles. The molecular formula is C15H24N2OS. The maximum atomic E-state index is 5.37. The van der Waals surface area contributed by atoms with Crippen molar-refractivity contribution in [2.24, 2.45) is 0 Å². The van der Waals surface area contributed by atoms with Gasteiger partial charge in [0.05, 0.1) is 12.8 Å². The van der Waals surface area contributed by atoms with Gasteiger partial charge in [-0.05, 0) is 49.2 Å². The van der Waals surface area contributed by atoms with Gasteiger partial charge in [0.15, 0.2) is 5.11 Å². The molecule has 3 nitrogen and oxygen atoms in total. The summed E-state index contributed by atoms with van der Waals surface area (Å²) in [5, 5.41) is 6.98. The molecule has 0 aliphatic carbocycles. The third kappa shape index (κ3) is 4.71. The van der Waals surface area contributed by atoms with Crippen molar-refractivity contribution in [1.82, 2.24) is 5.32 Å². The van der Waals surface area contributed by atoms with Crippen molar-refractivity contribution in [3.05, 3.63) is 23.8 Å². The average molecular weight is 280 g/mol. The molecule has 0 heterocycles. The minimum absolute atomic E-state index is 0.0931. The number of thiocarbonyl (C=S) groups is 1. The molecule has 0 aromatic heterocycles. The van der Waals surface area contributed by atoms with E-state index in [0.29, 0.717) is 11.2 Å². The van der Waals surface area contributed by atoms with Gasteiger partial charge < -0.3 is 15.4 Å². The molecule has 106 valence electrons. The predicted octanol–water partition coefficient (Wildman–Crippen LogP) is 3.69. The molecule has 0 atom stereocenters. The van der Waals surface area contributed by atoms with Gasteiger partial charge in [0, 0.05) is 6.04 Å². The van der Waals surface area contributed by atoms with E-state index < -0.39 is 0 Å². The molecule has 19 heavy (non-hydrogen) atoms. The summed E-state index contributed by atoms with van der Waals surface area (Å²) in [5.41, 5.74) is 2.23.